The van der Waals surface area contributed by atoms with Crippen LogP contribution in [0.2, 0.25) is 0 Å². The molecule has 2 saturated carbocycles. The van der Waals surface area contributed by atoms with Gasteiger partial charge in [-0.05, 0) is 30.6 Å². The molecule has 2 aliphatic carbocycles. The molecular formula is C20H36O5. The highest BCUT2D eigenvalue weighted by molar-refractivity contribution is 4.89. The van der Waals surface area contributed by atoms with E-state index in [0.29, 0.717) is 65.4 Å². The fourth-order valence-corrected chi connectivity index (χ4v) is 4.86. The second kappa shape index (κ2) is 11.5. The van der Waals surface area contributed by atoms with Gasteiger partial charge in [-0.15, -0.1) is 0 Å². The van der Waals surface area contributed by atoms with Crippen LogP contribution in [0.1, 0.15) is 44.9 Å². The van der Waals surface area contributed by atoms with Crippen LogP contribution in [-0.4, -0.2) is 65.6 Å². The van der Waals surface area contributed by atoms with Crippen LogP contribution >= 0.6 is 0 Å². The first-order valence-corrected chi connectivity index (χ1v) is 10.4. The normalized spacial score (nSPS) is 37.4. The third-order valence-electron chi connectivity index (χ3n) is 6.07. The molecule has 1 saturated heterocycles. The first-order valence-electron chi connectivity index (χ1n) is 10.4. The van der Waals surface area contributed by atoms with E-state index in [1.807, 2.05) is 0 Å². The van der Waals surface area contributed by atoms with Crippen LogP contribution in [0.15, 0.2) is 0 Å². The molecule has 0 aromatic heterocycles. The Kier molecular flexibility index (Phi) is 9.00. The third-order valence-corrected chi connectivity index (χ3v) is 6.07. The topological polar surface area (TPSA) is 46.2 Å². The second-order valence-corrected chi connectivity index (χ2v) is 7.62. The molecule has 0 amide bonds. The average Bonchev–Trinajstić information content (AvgIpc) is 2.66. The van der Waals surface area contributed by atoms with Gasteiger partial charge in [-0.3, -0.25) is 0 Å². The zero-order valence-electron chi connectivity index (χ0n) is 15.7. The Bertz CT molecular complexity index is 333. The van der Waals surface area contributed by atoms with Gasteiger partial charge in [0.2, 0.25) is 0 Å². The second-order valence-electron chi connectivity index (χ2n) is 7.62. The Morgan fingerprint density at radius 1 is 0.480 bits per heavy atom. The smallest absolute Gasteiger partial charge is 0.0840 e. The van der Waals surface area contributed by atoms with Crippen molar-refractivity contribution in [2.24, 2.45) is 17.8 Å². The van der Waals surface area contributed by atoms with Gasteiger partial charge in [-0.25, -0.2) is 0 Å². The van der Waals surface area contributed by atoms with Crippen LogP contribution in [0, 0.1) is 17.8 Å². The van der Waals surface area contributed by atoms with E-state index in [-0.39, 0.29) is 6.10 Å². The molecule has 0 bridgehead atoms. The molecule has 25 heavy (non-hydrogen) atoms. The number of ether oxygens (including phenoxy) is 5. The molecule has 146 valence electrons. The van der Waals surface area contributed by atoms with E-state index in [1.165, 1.54) is 44.9 Å². The molecule has 1 heterocycles. The Morgan fingerprint density at radius 2 is 1.04 bits per heavy atom. The van der Waals surface area contributed by atoms with E-state index in [4.69, 9.17) is 23.7 Å². The molecule has 5 heteroatoms. The summed E-state index contributed by atoms with van der Waals surface area (Å²) >= 11 is 0. The van der Waals surface area contributed by atoms with Crippen molar-refractivity contribution in [2.45, 2.75) is 51.0 Å². The van der Waals surface area contributed by atoms with E-state index >= 15 is 0 Å². The molecule has 3 aliphatic rings. The summed E-state index contributed by atoms with van der Waals surface area (Å²) in [5, 5.41) is 0. The summed E-state index contributed by atoms with van der Waals surface area (Å²) in [6.45, 7) is 5.72. The van der Waals surface area contributed by atoms with Crippen LogP contribution in [0.5, 0.6) is 0 Å². The van der Waals surface area contributed by atoms with Crippen molar-refractivity contribution in [1.82, 2.24) is 0 Å². The van der Waals surface area contributed by atoms with Crippen LogP contribution in [0.3, 0.4) is 0 Å². The van der Waals surface area contributed by atoms with Crippen LogP contribution in [-0.2, 0) is 23.7 Å². The van der Waals surface area contributed by atoms with Crippen molar-refractivity contribution < 1.29 is 23.7 Å². The van der Waals surface area contributed by atoms with Gasteiger partial charge in [0.1, 0.15) is 0 Å². The molecule has 0 aromatic carbocycles. The quantitative estimate of drug-likeness (QED) is 0.723. The molecule has 4 unspecified atom stereocenters. The molecule has 1 aliphatic heterocycles. The molecule has 4 atom stereocenters. The summed E-state index contributed by atoms with van der Waals surface area (Å²) in [5.74, 6) is 2.41. The highest BCUT2D eigenvalue weighted by Crippen LogP contribution is 2.45. The molecular weight excluding hydrogens is 320 g/mol. The number of hydrogen-bond donors (Lipinski definition) is 0. The summed E-state index contributed by atoms with van der Waals surface area (Å²) < 4.78 is 28.8. The Labute approximate surface area is 152 Å². The summed E-state index contributed by atoms with van der Waals surface area (Å²) in [7, 11) is 0. The minimum Gasteiger partial charge on any atom is -0.377 e. The highest BCUT2D eigenvalue weighted by Gasteiger charge is 2.39. The SMILES string of the molecule is C1CCC2C(C1)CCCC2C1COCCOCCOCCOCCO1. The molecule has 0 radical (unpaired) electrons. The Morgan fingerprint density at radius 3 is 1.80 bits per heavy atom. The van der Waals surface area contributed by atoms with Gasteiger partial charge in [0, 0.05) is 0 Å². The predicted octanol–water partition coefficient (Wildman–Crippen LogP) is 3.06. The Balaban J connectivity index is 1.53. The maximum absolute atomic E-state index is 6.28. The number of hydrogen-bond acceptors (Lipinski definition) is 5. The lowest BCUT2D eigenvalue weighted by Gasteiger charge is -2.44. The zero-order chi connectivity index (χ0) is 17.2. The van der Waals surface area contributed by atoms with Gasteiger partial charge >= 0.3 is 0 Å². The zero-order valence-corrected chi connectivity index (χ0v) is 15.7. The van der Waals surface area contributed by atoms with Crippen molar-refractivity contribution in [1.29, 1.82) is 0 Å². The number of rotatable bonds is 1. The van der Waals surface area contributed by atoms with E-state index in [1.54, 1.807) is 0 Å². The summed E-state index contributed by atoms with van der Waals surface area (Å²) in [6, 6.07) is 0. The Hall–Kier alpha value is -0.200. The van der Waals surface area contributed by atoms with Gasteiger partial charge in [-0.2, -0.15) is 0 Å². The fraction of sp³-hybridized carbons (Fsp3) is 1.00. The van der Waals surface area contributed by atoms with E-state index in [0.717, 1.165) is 11.8 Å². The third kappa shape index (κ3) is 6.47. The first-order chi connectivity index (χ1) is 12.4. The lowest BCUT2D eigenvalue weighted by Crippen LogP contribution is -2.41. The largest absolute Gasteiger partial charge is 0.377 e. The lowest BCUT2D eigenvalue weighted by atomic mass is 9.64. The van der Waals surface area contributed by atoms with Gasteiger partial charge in [-0.1, -0.05) is 32.1 Å². The summed E-state index contributed by atoms with van der Waals surface area (Å²) in [4.78, 5) is 0. The average molecular weight is 357 g/mol. The van der Waals surface area contributed by atoms with Gasteiger partial charge in [0.15, 0.2) is 0 Å². The molecule has 0 N–H and O–H groups in total. The standard InChI is InChI=1S/C20H36O5/c1-2-6-18-17(4-1)5-3-7-19(18)20-16-24-13-12-22-9-8-21-10-11-23-14-15-25-20/h17-20H,1-16H2. The van der Waals surface area contributed by atoms with E-state index < -0.39 is 0 Å². The van der Waals surface area contributed by atoms with Crippen LogP contribution in [0.4, 0.5) is 0 Å². The van der Waals surface area contributed by atoms with Crippen molar-refractivity contribution in [3.8, 4) is 0 Å². The van der Waals surface area contributed by atoms with E-state index in [9.17, 15) is 0 Å². The molecule has 3 rings (SSSR count). The van der Waals surface area contributed by atoms with Crippen molar-refractivity contribution in [2.75, 3.05) is 59.5 Å². The molecule has 0 aromatic rings. The van der Waals surface area contributed by atoms with Crippen molar-refractivity contribution in [3.05, 3.63) is 0 Å². The maximum atomic E-state index is 6.28. The van der Waals surface area contributed by atoms with Crippen molar-refractivity contribution >= 4 is 0 Å². The van der Waals surface area contributed by atoms with E-state index in [2.05, 4.69) is 0 Å². The van der Waals surface area contributed by atoms with Crippen molar-refractivity contribution in [3.63, 3.8) is 0 Å². The molecule has 3 fully saturated rings. The maximum Gasteiger partial charge on any atom is 0.0840 e. The van der Waals surface area contributed by atoms with Gasteiger partial charge < -0.3 is 23.7 Å². The first kappa shape index (κ1) is 19.6. The van der Waals surface area contributed by atoms with Gasteiger partial charge in [0.05, 0.1) is 65.6 Å². The molecule has 5 nitrogen and oxygen atoms in total. The number of fused-ring (bicyclic) bond motifs is 1. The predicted molar refractivity (Wildman–Crippen MR) is 95.8 cm³/mol. The van der Waals surface area contributed by atoms with Crippen LogP contribution in [0.25, 0.3) is 0 Å². The minimum atomic E-state index is 0.205. The monoisotopic (exact) mass is 356 g/mol. The lowest BCUT2D eigenvalue weighted by molar-refractivity contribution is -0.0976. The van der Waals surface area contributed by atoms with Gasteiger partial charge in [0.25, 0.3) is 0 Å². The minimum absolute atomic E-state index is 0.205. The molecule has 0 spiro atoms. The summed E-state index contributed by atoms with van der Waals surface area (Å²) in [6.07, 6.45) is 9.88. The highest BCUT2D eigenvalue weighted by atomic mass is 16.6. The summed E-state index contributed by atoms with van der Waals surface area (Å²) in [5.41, 5.74) is 0. The fourth-order valence-electron chi connectivity index (χ4n) is 4.86. The van der Waals surface area contributed by atoms with Crippen LogP contribution < -0.4 is 0 Å².